The van der Waals surface area contributed by atoms with Gasteiger partial charge in [0.1, 0.15) is 5.82 Å². The van der Waals surface area contributed by atoms with Crippen LogP contribution in [0.25, 0.3) is 21.8 Å². The van der Waals surface area contributed by atoms with Gasteiger partial charge in [-0.05, 0) is 94.5 Å². The molecule has 2 heterocycles. The van der Waals surface area contributed by atoms with Gasteiger partial charge in [-0.2, -0.15) is 4.98 Å². The van der Waals surface area contributed by atoms with Crippen LogP contribution in [-0.4, -0.2) is 41.2 Å². The average Bonchev–Trinajstić information content (AvgIpc) is 3.26. The molecule has 6 rings (SSSR count). The smallest absolute Gasteiger partial charge is 0.225 e. The summed E-state index contributed by atoms with van der Waals surface area (Å²) in [4.78, 5) is 12.0. The number of aryl methyl sites for hydroxylation is 2. The molecule has 0 radical (unpaired) electrons. The van der Waals surface area contributed by atoms with Crippen molar-refractivity contribution >= 4 is 33.6 Å². The maximum absolute atomic E-state index is 4.94. The molecule has 0 bridgehead atoms. The summed E-state index contributed by atoms with van der Waals surface area (Å²) in [6, 6.07) is 16.2. The summed E-state index contributed by atoms with van der Waals surface area (Å²) >= 11 is 0. The molecule has 0 spiro atoms. The zero-order valence-electron chi connectivity index (χ0n) is 23.3. The lowest BCUT2D eigenvalue weighted by Crippen LogP contribution is -2.32. The fraction of sp³-hybridized carbons (Fsp3) is 0.500. The first-order valence-corrected chi connectivity index (χ1v) is 14.6. The summed E-state index contributed by atoms with van der Waals surface area (Å²) in [5, 5.41) is 10.2. The van der Waals surface area contributed by atoms with Crippen LogP contribution in [-0.2, 0) is 25.9 Å². The van der Waals surface area contributed by atoms with Crippen LogP contribution >= 0.6 is 0 Å². The third kappa shape index (κ3) is 4.98. The first-order chi connectivity index (χ1) is 18.6. The van der Waals surface area contributed by atoms with Crippen LogP contribution in [0.5, 0.6) is 0 Å². The molecule has 6 heteroatoms. The number of nitrogens with zero attached hydrogens (tertiary/aromatic N) is 4. The predicted molar refractivity (Wildman–Crippen MR) is 159 cm³/mol. The number of anilines is 2. The summed E-state index contributed by atoms with van der Waals surface area (Å²) in [6.45, 7) is 5.23. The topological polar surface area (TPSA) is 58.0 Å². The Morgan fingerprint density at radius 2 is 1.71 bits per heavy atom. The third-order valence-electron chi connectivity index (χ3n) is 8.68. The van der Waals surface area contributed by atoms with E-state index in [1.807, 2.05) is 0 Å². The molecule has 6 nitrogen and oxygen atoms in total. The van der Waals surface area contributed by atoms with Crippen LogP contribution in [0.2, 0.25) is 0 Å². The van der Waals surface area contributed by atoms with Crippen LogP contribution in [0, 0.1) is 5.92 Å². The van der Waals surface area contributed by atoms with Gasteiger partial charge in [-0.25, -0.2) is 4.98 Å². The number of rotatable bonds is 8. The molecule has 2 aliphatic rings. The number of hydrogen-bond acceptors (Lipinski definition) is 5. The molecule has 0 unspecified atom stereocenters. The zero-order chi connectivity index (χ0) is 26.1. The summed E-state index contributed by atoms with van der Waals surface area (Å²) < 4.78 is 2.42. The Kier molecular flexibility index (Phi) is 7.24. The van der Waals surface area contributed by atoms with E-state index in [1.165, 1.54) is 77.2 Å². The van der Waals surface area contributed by atoms with Crippen molar-refractivity contribution in [3.05, 3.63) is 59.3 Å². The van der Waals surface area contributed by atoms with Crippen LogP contribution in [0.1, 0.15) is 62.3 Å². The summed E-state index contributed by atoms with van der Waals surface area (Å²) in [5.41, 5.74) is 6.65. The Hall–Kier alpha value is -3.12. The molecule has 200 valence electrons. The average molecular weight is 511 g/mol. The van der Waals surface area contributed by atoms with Gasteiger partial charge >= 0.3 is 0 Å². The normalized spacial score (nSPS) is 19.6. The van der Waals surface area contributed by atoms with Crippen molar-refractivity contribution in [2.45, 2.75) is 77.4 Å². The second kappa shape index (κ2) is 10.9. The standard InChI is InChI=1S/C32H42N6/c1-4-38-29-12-8-6-9-25(29)27-19-23(15-18-30(27)38)21-33-20-22-13-16-24(17-14-22)34-32-35-28-11-7-5-10-26(28)31(36-32)37(2)3/h6,8-9,12,15,18-19,22,24,33H,4-5,7,10-11,13-14,16-17,20-21H2,1-3H3,(H,34,35,36)/t22-,24+. The number of benzene rings is 2. The maximum atomic E-state index is 4.94. The molecule has 1 fully saturated rings. The fourth-order valence-corrected chi connectivity index (χ4v) is 6.67. The molecule has 38 heavy (non-hydrogen) atoms. The van der Waals surface area contributed by atoms with Gasteiger partial charge in [-0.3, -0.25) is 0 Å². The lowest BCUT2D eigenvalue weighted by atomic mass is 9.86. The molecule has 2 aromatic heterocycles. The highest BCUT2D eigenvalue weighted by Crippen LogP contribution is 2.31. The predicted octanol–water partition coefficient (Wildman–Crippen LogP) is 6.31. The van der Waals surface area contributed by atoms with Crippen molar-refractivity contribution in [2.75, 3.05) is 30.9 Å². The van der Waals surface area contributed by atoms with E-state index in [0.29, 0.717) is 6.04 Å². The number of aromatic nitrogens is 3. The molecule has 4 aromatic rings. The van der Waals surface area contributed by atoms with E-state index < -0.39 is 0 Å². The van der Waals surface area contributed by atoms with Crippen molar-refractivity contribution < 1.29 is 0 Å². The molecule has 0 aliphatic heterocycles. The van der Waals surface area contributed by atoms with Crippen LogP contribution in [0.3, 0.4) is 0 Å². The van der Waals surface area contributed by atoms with Crippen molar-refractivity contribution in [3.8, 4) is 0 Å². The largest absolute Gasteiger partial charge is 0.362 e. The molecule has 2 aliphatic carbocycles. The molecule has 0 atom stereocenters. The second-order valence-corrected chi connectivity index (χ2v) is 11.5. The van der Waals surface area contributed by atoms with Crippen LogP contribution in [0.15, 0.2) is 42.5 Å². The highest BCUT2D eigenvalue weighted by Gasteiger charge is 2.24. The Balaban J connectivity index is 1.03. The maximum Gasteiger partial charge on any atom is 0.225 e. The summed E-state index contributed by atoms with van der Waals surface area (Å²) in [7, 11) is 4.20. The van der Waals surface area contributed by atoms with Crippen LogP contribution < -0.4 is 15.5 Å². The second-order valence-electron chi connectivity index (χ2n) is 11.5. The summed E-state index contributed by atoms with van der Waals surface area (Å²) in [5.74, 6) is 2.67. The third-order valence-corrected chi connectivity index (χ3v) is 8.68. The van der Waals surface area contributed by atoms with E-state index in [9.17, 15) is 0 Å². The van der Waals surface area contributed by atoms with Crippen LogP contribution in [0.4, 0.5) is 11.8 Å². The molecule has 0 amide bonds. The van der Waals surface area contributed by atoms with Crippen molar-refractivity contribution in [1.82, 2.24) is 19.9 Å². The Morgan fingerprint density at radius 1 is 0.921 bits per heavy atom. The van der Waals surface area contributed by atoms with E-state index in [2.05, 4.69) is 83.6 Å². The van der Waals surface area contributed by atoms with Gasteiger partial charge in [0.05, 0.1) is 5.69 Å². The molecule has 2 aromatic carbocycles. The lowest BCUT2D eigenvalue weighted by Gasteiger charge is -2.30. The monoisotopic (exact) mass is 510 g/mol. The van der Waals surface area contributed by atoms with Gasteiger partial charge in [-0.15, -0.1) is 0 Å². The fourth-order valence-electron chi connectivity index (χ4n) is 6.67. The minimum absolute atomic E-state index is 0.473. The minimum atomic E-state index is 0.473. The van der Waals surface area contributed by atoms with Gasteiger partial charge in [0.15, 0.2) is 0 Å². The highest BCUT2D eigenvalue weighted by molar-refractivity contribution is 6.08. The Bertz CT molecular complexity index is 1410. The first-order valence-electron chi connectivity index (χ1n) is 14.6. The Labute approximate surface area is 226 Å². The van der Waals surface area contributed by atoms with E-state index in [0.717, 1.165) is 50.2 Å². The van der Waals surface area contributed by atoms with Crippen molar-refractivity contribution in [1.29, 1.82) is 0 Å². The van der Waals surface area contributed by atoms with Crippen molar-refractivity contribution in [2.24, 2.45) is 5.92 Å². The lowest BCUT2D eigenvalue weighted by molar-refractivity contribution is 0.323. The minimum Gasteiger partial charge on any atom is -0.362 e. The van der Waals surface area contributed by atoms with Gasteiger partial charge in [-0.1, -0.05) is 24.3 Å². The SMILES string of the molecule is CCn1c2ccccc2c2cc(CNC[C@H]3CC[C@@H](Nc4nc5c(c(N(C)C)n4)CCCC5)CC3)ccc21. The zero-order valence-corrected chi connectivity index (χ0v) is 23.3. The quantitative estimate of drug-likeness (QED) is 0.291. The number of fused-ring (bicyclic) bond motifs is 4. The van der Waals surface area contributed by atoms with Gasteiger partial charge in [0.2, 0.25) is 5.95 Å². The molecule has 1 saturated carbocycles. The van der Waals surface area contributed by atoms with E-state index in [-0.39, 0.29) is 0 Å². The van der Waals surface area contributed by atoms with E-state index >= 15 is 0 Å². The first kappa shape index (κ1) is 25.2. The van der Waals surface area contributed by atoms with Gasteiger partial charge < -0.3 is 20.1 Å². The number of hydrogen-bond donors (Lipinski definition) is 2. The van der Waals surface area contributed by atoms with Gasteiger partial charge in [0, 0.05) is 60.6 Å². The Morgan fingerprint density at radius 3 is 2.53 bits per heavy atom. The number of nitrogens with one attached hydrogen (secondary N) is 2. The molecular weight excluding hydrogens is 468 g/mol. The molecular formula is C32H42N6. The van der Waals surface area contributed by atoms with E-state index in [4.69, 9.17) is 9.97 Å². The molecule has 2 N–H and O–H groups in total. The number of para-hydroxylation sites is 1. The van der Waals surface area contributed by atoms with Gasteiger partial charge in [0.25, 0.3) is 0 Å². The highest BCUT2D eigenvalue weighted by atomic mass is 15.2. The van der Waals surface area contributed by atoms with Crippen molar-refractivity contribution in [3.63, 3.8) is 0 Å². The summed E-state index contributed by atoms with van der Waals surface area (Å²) in [6.07, 6.45) is 9.55. The van der Waals surface area contributed by atoms with E-state index in [1.54, 1.807) is 0 Å². The molecule has 0 saturated heterocycles.